The molecule has 0 aliphatic carbocycles. The van der Waals surface area contributed by atoms with Crippen LogP contribution in [-0.4, -0.2) is 18.5 Å². The summed E-state index contributed by atoms with van der Waals surface area (Å²) in [4.78, 5) is 0. The molecule has 0 atom stereocenters. The predicted octanol–water partition coefficient (Wildman–Crippen LogP) is 3.70. The van der Waals surface area contributed by atoms with E-state index in [0.29, 0.717) is 7.92 Å². The maximum Gasteiger partial charge on any atom is -0.0298 e. The van der Waals surface area contributed by atoms with Gasteiger partial charge in [0.1, 0.15) is 0 Å². The van der Waals surface area contributed by atoms with E-state index < -0.39 is 0 Å². The molecule has 1 fully saturated rings. The summed E-state index contributed by atoms with van der Waals surface area (Å²) in [5, 5.41) is 0. The second kappa shape index (κ2) is 5.14. The van der Waals surface area contributed by atoms with Gasteiger partial charge >= 0.3 is 0 Å². The molecule has 0 spiro atoms. The van der Waals surface area contributed by atoms with Crippen molar-refractivity contribution in [2.45, 2.75) is 39.5 Å². The van der Waals surface area contributed by atoms with Crippen LogP contribution in [-0.2, 0) is 0 Å². The Balaban J connectivity index is 2.16. The summed E-state index contributed by atoms with van der Waals surface area (Å²) >= 11 is 0. The topological polar surface area (TPSA) is 0 Å². The molecule has 0 saturated carbocycles. The Morgan fingerprint density at radius 1 is 1.09 bits per heavy atom. The first-order valence-electron chi connectivity index (χ1n) is 5.09. The third-order valence-corrected chi connectivity index (χ3v) is 5.80. The molecular formula is C10H21P. The van der Waals surface area contributed by atoms with Crippen molar-refractivity contribution in [1.29, 1.82) is 0 Å². The molecule has 0 aromatic carbocycles. The predicted molar refractivity (Wildman–Crippen MR) is 54.8 cm³/mol. The average molecular weight is 172 g/mol. The fourth-order valence-electron chi connectivity index (χ4n) is 1.88. The number of hydrogen-bond donors (Lipinski definition) is 0. The van der Waals surface area contributed by atoms with Crippen LogP contribution in [0.5, 0.6) is 0 Å². The highest BCUT2D eigenvalue weighted by Crippen LogP contribution is 2.45. The smallest absolute Gasteiger partial charge is 0.0298 e. The van der Waals surface area contributed by atoms with Gasteiger partial charge in [0.2, 0.25) is 0 Å². The number of rotatable bonds is 4. The molecule has 1 saturated heterocycles. The fourth-order valence-corrected chi connectivity index (χ4v) is 5.05. The van der Waals surface area contributed by atoms with Crippen molar-refractivity contribution >= 4 is 7.92 Å². The summed E-state index contributed by atoms with van der Waals surface area (Å²) in [6.45, 7) is 4.69. The lowest BCUT2D eigenvalue weighted by molar-refractivity contribution is 0.550. The lowest BCUT2D eigenvalue weighted by Gasteiger charge is -2.17. The van der Waals surface area contributed by atoms with Gasteiger partial charge in [0.25, 0.3) is 0 Å². The highest BCUT2D eigenvalue weighted by molar-refractivity contribution is 7.57. The summed E-state index contributed by atoms with van der Waals surface area (Å²) in [5.74, 6) is 1.05. The first-order chi connectivity index (χ1) is 5.36. The SMILES string of the molecule is CCC(CC)CP1CCCC1. The van der Waals surface area contributed by atoms with Gasteiger partial charge in [-0.25, -0.2) is 0 Å². The minimum absolute atomic E-state index is 0.504. The van der Waals surface area contributed by atoms with E-state index in [2.05, 4.69) is 13.8 Å². The van der Waals surface area contributed by atoms with Crippen LogP contribution in [0, 0.1) is 5.92 Å². The highest BCUT2D eigenvalue weighted by Gasteiger charge is 2.17. The van der Waals surface area contributed by atoms with Crippen molar-refractivity contribution in [3.05, 3.63) is 0 Å². The second-order valence-corrected chi connectivity index (χ2v) is 6.29. The van der Waals surface area contributed by atoms with Crippen LogP contribution >= 0.6 is 7.92 Å². The van der Waals surface area contributed by atoms with Gasteiger partial charge in [-0.1, -0.05) is 26.7 Å². The van der Waals surface area contributed by atoms with E-state index in [0.717, 1.165) is 5.92 Å². The zero-order valence-electron chi connectivity index (χ0n) is 7.97. The van der Waals surface area contributed by atoms with E-state index in [-0.39, 0.29) is 0 Å². The third kappa shape index (κ3) is 3.11. The van der Waals surface area contributed by atoms with Gasteiger partial charge in [0.05, 0.1) is 0 Å². The molecule has 1 rings (SSSR count). The Hall–Kier alpha value is 0.430. The van der Waals surface area contributed by atoms with Crippen molar-refractivity contribution in [3.8, 4) is 0 Å². The summed E-state index contributed by atoms with van der Waals surface area (Å²) < 4.78 is 0. The molecule has 1 aliphatic rings. The van der Waals surface area contributed by atoms with Crippen molar-refractivity contribution < 1.29 is 0 Å². The fraction of sp³-hybridized carbons (Fsp3) is 1.00. The standard InChI is InChI=1S/C10H21P/c1-3-10(4-2)9-11-7-5-6-8-11/h10H,3-9H2,1-2H3. The molecule has 0 bridgehead atoms. The van der Waals surface area contributed by atoms with Crippen LogP contribution in [0.15, 0.2) is 0 Å². The molecule has 11 heavy (non-hydrogen) atoms. The van der Waals surface area contributed by atoms with Crippen LogP contribution in [0.25, 0.3) is 0 Å². The van der Waals surface area contributed by atoms with E-state index in [1.807, 2.05) is 0 Å². The Bertz CT molecular complexity index is 91.0. The van der Waals surface area contributed by atoms with Crippen LogP contribution in [0.1, 0.15) is 39.5 Å². The van der Waals surface area contributed by atoms with Crippen molar-refractivity contribution in [1.82, 2.24) is 0 Å². The zero-order valence-corrected chi connectivity index (χ0v) is 8.87. The molecule has 0 N–H and O–H groups in total. The number of hydrogen-bond acceptors (Lipinski definition) is 0. The Morgan fingerprint density at radius 3 is 2.09 bits per heavy atom. The Labute approximate surface area is 72.5 Å². The minimum Gasteiger partial charge on any atom is -0.106 e. The molecule has 0 nitrogen and oxygen atoms in total. The van der Waals surface area contributed by atoms with Gasteiger partial charge in [-0.05, 0) is 37.2 Å². The first-order valence-corrected chi connectivity index (χ1v) is 6.99. The lowest BCUT2D eigenvalue weighted by atomic mass is 10.1. The summed E-state index contributed by atoms with van der Waals surface area (Å²) in [6, 6.07) is 0. The van der Waals surface area contributed by atoms with Gasteiger partial charge in [-0.3, -0.25) is 0 Å². The van der Waals surface area contributed by atoms with Gasteiger partial charge in [0, 0.05) is 0 Å². The quantitative estimate of drug-likeness (QED) is 0.567. The van der Waals surface area contributed by atoms with Crippen LogP contribution in [0.3, 0.4) is 0 Å². The van der Waals surface area contributed by atoms with E-state index in [1.165, 1.54) is 25.7 Å². The molecule has 0 aromatic heterocycles. The Morgan fingerprint density at radius 2 is 1.64 bits per heavy atom. The summed E-state index contributed by atoms with van der Waals surface area (Å²) in [6.07, 6.45) is 10.7. The Kier molecular flexibility index (Phi) is 4.45. The van der Waals surface area contributed by atoms with Crippen LogP contribution in [0.2, 0.25) is 0 Å². The second-order valence-electron chi connectivity index (χ2n) is 3.69. The molecular weight excluding hydrogens is 151 g/mol. The lowest BCUT2D eigenvalue weighted by Crippen LogP contribution is -2.02. The maximum atomic E-state index is 2.35. The molecule has 1 heterocycles. The molecule has 0 radical (unpaired) electrons. The monoisotopic (exact) mass is 172 g/mol. The minimum atomic E-state index is 0.504. The van der Waals surface area contributed by atoms with Crippen LogP contribution in [0.4, 0.5) is 0 Å². The van der Waals surface area contributed by atoms with Gasteiger partial charge in [0.15, 0.2) is 0 Å². The van der Waals surface area contributed by atoms with E-state index >= 15 is 0 Å². The first kappa shape index (κ1) is 9.52. The zero-order chi connectivity index (χ0) is 8.10. The maximum absolute atomic E-state index is 2.35. The van der Waals surface area contributed by atoms with E-state index in [9.17, 15) is 0 Å². The largest absolute Gasteiger partial charge is 0.106 e. The van der Waals surface area contributed by atoms with Gasteiger partial charge in [-0.2, -0.15) is 0 Å². The average Bonchev–Trinajstić information content (AvgIpc) is 2.52. The van der Waals surface area contributed by atoms with Crippen molar-refractivity contribution in [2.24, 2.45) is 5.92 Å². The van der Waals surface area contributed by atoms with Gasteiger partial charge < -0.3 is 0 Å². The summed E-state index contributed by atoms with van der Waals surface area (Å²) in [5.41, 5.74) is 0. The van der Waals surface area contributed by atoms with E-state index in [4.69, 9.17) is 0 Å². The van der Waals surface area contributed by atoms with E-state index in [1.54, 1.807) is 18.5 Å². The van der Waals surface area contributed by atoms with Crippen molar-refractivity contribution in [2.75, 3.05) is 18.5 Å². The molecule has 0 amide bonds. The molecule has 1 heteroatoms. The molecule has 0 unspecified atom stereocenters. The normalized spacial score (nSPS) is 19.9. The van der Waals surface area contributed by atoms with Crippen LogP contribution < -0.4 is 0 Å². The third-order valence-electron chi connectivity index (χ3n) is 2.87. The van der Waals surface area contributed by atoms with Crippen molar-refractivity contribution in [3.63, 3.8) is 0 Å². The molecule has 66 valence electrons. The highest BCUT2D eigenvalue weighted by atomic mass is 31.1. The molecule has 0 aromatic rings. The summed E-state index contributed by atoms with van der Waals surface area (Å²) in [7, 11) is 0.504. The van der Waals surface area contributed by atoms with Gasteiger partial charge in [-0.15, -0.1) is 7.92 Å². The molecule has 1 aliphatic heterocycles.